The van der Waals surface area contributed by atoms with Crippen LogP contribution in [0.3, 0.4) is 0 Å². The predicted molar refractivity (Wildman–Crippen MR) is 77.3 cm³/mol. The van der Waals surface area contributed by atoms with Gasteiger partial charge in [0.1, 0.15) is 5.82 Å². The fourth-order valence-corrected chi connectivity index (χ4v) is 1.93. The Labute approximate surface area is 116 Å². The zero-order valence-corrected chi connectivity index (χ0v) is 12.6. The van der Waals surface area contributed by atoms with Gasteiger partial charge in [0.15, 0.2) is 0 Å². The van der Waals surface area contributed by atoms with Crippen LogP contribution in [0.1, 0.15) is 25.8 Å². The molecule has 1 aromatic heterocycles. The minimum absolute atomic E-state index is 0.0552. The third kappa shape index (κ3) is 4.38. The van der Waals surface area contributed by atoms with Crippen LogP contribution in [0.4, 0.5) is 5.82 Å². The third-order valence-electron chi connectivity index (χ3n) is 2.71. The Hall–Kier alpha value is -0.940. The minimum Gasteiger partial charge on any atom is -0.330 e. The molecule has 1 amide bonds. The molecule has 1 rings (SSSR count). The molecule has 0 radical (unpaired) electrons. The molecule has 5 heteroatoms. The lowest BCUT2D eigenvalue weighted by Gasteiger charge is -2.16. The highest BCUT2D eigenvalue weighted by molar-refractivity contribution is 9.10. The number of halogens is 1. The van der Waals surface area contributed by atoms with Crippen LogP contribution in [-0.4, -0.2) is 17.4 Å². The number of nitrogens with zero attached hydrogens (tertiary/aromatic N) is 1. The second-order valence-electron chi connectivity index (χ2n) is 4.87. The molecule has 18 heavy (non-hydrogen) atoms. The van der Waals surface area contributed by atoms with E-state index in [1.54, 1.807) is 6.20 Å². The SMILES string of the molecule is Cc1cc(NC(=O)C(CN)CC(C)C)ncc1Br. The number of anilines is 1. The van der Waals surface area contributed by atoms with Gasteiger partial charge in [0, 0.05) is 17.2 Å². The first-order valence-electron chi connectivity index (χ1n) is 6.07. The highest BCUT2D eigenvalue weighted by atomic mass is 79.9. The number of aromatic nitrogens is 1. The summed E-state index contributed by atoms with van der Waals surface area (Å²) in [4.78, 5) is 16.2. The van der Waals surface area contributed by atoms with Crippen LogP contribution in [0, 0.1) is 18.8 Å². The molecule has 100 valence electrons. The van der Waals surface area contributed by atoms with E-state index in [-0.39, 0.29) is 11.8 Å². The Balaban J connectivity index is 2.70. The standard InChI is InChI=1S/C13H20BrN3O/c1-8(2)4-10(6-15)13(18)17-12-5-9(3)11(14)7-16-12/h5,7-8,10H,4,6,15H2,1-3H3,(H,16,17,18). The number of carbonyl (C=O) groups excluding carboxylic acids is 1. The van der Waals surface area contributed by atoms with Crippen molar-refractivity contribution in [2.45, 2.75) is 27.2 Å². The number of amides is 1. The quantitative estimate of drug-likeness (QED) is 0.878. The van der Waals surface area contributed by atoms with Crippen molar-refractivity contribution in [2.75, 3.05) is 11.9 Å². The van der Waals surface area contributed by atoms with Crippen LogP contribution in [0.25, 0.3) is 0 Å². The fraction of sp³-hybridized carbons (Fsp3) is 0.538. The van der Waals surface area contributed by atoms with Gasteiger partial charge in [-0.1, -0.05) is 13.8 Å². The minimum atomic E-state index is -0.157. The van der Waals surface area contributed by atoms with Crippen LogP contribution in [0.5, 0.6) is 0 Å². The van der Waals surface area contributed by atoms with E-state index < -0.39 is 0 Å². The number of hydrogen-bond acceptors (Lipinski definition) is 3. The number of rotatable bonds is 5. The maximum absolute atomic E-state index is 12.0. The first kappa shape index (κ1) is 15.1. The molecule has 1 aromatic rings. The molecule has 0 saturated carbocycles. The van der Waals surface area contributed by atoms with Gasteiger partial charge in [0.2, 0.25) is 5.91 Å². The van der Waals surface area contributed by atoms with E-state index in [4.69, 9.17) is 5.73 Å². The van der Waals surface area contributed by atoms with Crippen molar-refractivity contribution in [1.29, 1.82) is 0 Å². The summed E-state index contributed by atoms with van der Waals surface area (Å²) >= 11 is 3.38. The first-order chi connectivity index (χ1) is 8.43. The summed E-state index contributed by atoms with van der Waals surface area (Å²) in [5.74, 6) is 0.808. The Morgan fingerprint density at radius 2 is 2.22 bits per heavy atom. The van der Waals surface area contributed by atoms with Crippen LogP contribution < -0.4 is 11.1 Å². The second kappa shape index (κ2) is 6.85. The smallest absolute Gasteiger partial charge is 0.229 e. The van der Waals surface area contributed by atoms with Crippen molar-refractivity contribution in [3.05, 3.63) is 22.3 Å². The monoisotopic (exact) mass is 313 g/mol. The summed E-state index contributed by atoms with van der Waals surface area (Å²) in [6.45, 7) is 6.48. The molecule has 0 aliphatic rings. The van der Waals surface area contributed by atoms with Crippen molar-refractivity contribution in [3.63, 3.8) is 0 Å². The summed E-state index contributed by atoms with van der Waals surface area (Å²) in [6.07, 6.45) is 2.47. The number of nitrogens with one attached hydrogen (secondary N) is 1. The van der Waals surface area contributed by atoms with E-state index in [1.165, 1.54) is 0 Å². The molecular formula is C13H20BrN3O. The number of hydrogen-bond donors (Lipinski definition) is 2. The van der Waals surface area contributed by atoms with Crippen LogP contribution in [0.15, 0.2) is 16.7 Å². The van der Waals surface area contributed by atoms with Crippen LogP contribution >= 0.6 is 15.9 Å². The largest absolute Gasteiger partial charge is 0.330 e. The van der Waals surface area contributed by atoms with Crippen molar-refractivity contribution >= 4 is 27.7 Å². The molecule has 3 N–H and O–H groups in total. The highest BCUT2D eigenvalue weighted by Crippen LogP contribution is 2.18. The summed E-state index contributed by atoms with van der Waals surface area (Å²) in [6, 6.07) is 1.84. The zero-order chi connectivity index (χ0) is 13.7. The molecule has 1 unspecified atom stereocenters. The van der Waals surface area contributed by atoms with E-state index in [2.05, 4.69) is 40.1 Å². The van der Waals surface area contributed by atoms with Crippen molar-refractivity contribution in [3.8, 4) is 0 Å². The van der Waals surface area contributed by atoms with Gasteiger partial charge in [-0.2, -0.15) is 0 Å². The van der Waals surface area contributed by atoms with Crippen molar-refractivity contribution < 1.29 is 4.79 Å². The predicted octanol–water partition coefficient (Wildman–Crippen LogP) is 2.71. The van der Waals surface area contributed by atoms with Gasteiger partial charge in [0.05, 0.1) is 5.92 Å². The van der Waals surface area contributed by atoms with E-state index in [0.717, 1.165) is 16.5 Å². The third-order valence-corrected chi connectivity index (χ3v) is 3.54. The van der Waals surface area contributed by atoms with Crippen molar-refractivity contribution in [1.82, 2.24) is 4.98 Å². The van der Waals surface area contributed by atoms with Gasteiger partial charge in [-0.05, 0) is 46.8 Å². The second-order valence-corrected chi connectivity index (χ2v) is 5.72. The number of nitrogens with two attached hydrogens (primary N) is 1. The maximum Gasteiger partial charge on any atom is 0.229 e. The van der Waals surface area contributed by atoms with Gasteiger partial charge < -0.3 is 11.1 Å². The average Bonchev–Trinajstić information content (AvgIpc) is 2.30. The Morgan fingerprint density at radius 3 is 2.72 bits per heavy atom. The molecule has 4 nitrogen and oxygen atoms in total. The molecule has 0 saturated heterocycles. The van der Waals surface area contributed by atoms with E-state index in [9.17, 15) is 4.79 Å². The molecular weight excluding hydrogens is 294 g/mol. The van der Waals surface area contributed by atoms with Gasteiger partial charge in [-0.25, -0.2) is 4.98 Å². The normalized spacial score (nSPS) is 12.6. The van der Waals surface area contributed by atoms with Crippen LogP contribution in [0.2, 0.25) is 0 Å². The van der Waals surface area contributed by atoms with Gasteiger partial charge >= 0.3 is 0 Å². The Bertz CT molecular complexity index is 421. The molecule has 0 spiro atoms. The van der Waals surface area contributed by atoms with Gasteiger partial charge in [-0.15, -0.1) is 0 Å². The Morgan fingerprint density at radius 1 is 1.56 bits per heavy atom. The average molecular weight is 314 g/mol. The molecule has 0 aliphatic heterocycles. The molecule has 1 atom stereocenters. The summed E-state index contributed by atoms with van der Waals surface area (Å²) in [5.41, 5.74) is 6.68. The lowest BCUT2D eigenvalue weighted by atomic mass is 9.96. The van der Waals surface area contributed by atoms with E-state index in [1.807, 2.05) is 13.0 Å². The summed E-state index contributed by atoms with van der Waals surface area (Å²) in [5, 5.41) is 2.82. The zero-order valence-electron chi connectivity index (χ0n) is 11.0. The molecule has 0 aromatic carbocycles. The summed E-state index contributed by atoms with van der Waals surface area (Å²) in [7, 11) is 0. The fourth-order valence-electron chi connectivity index (χ4n) is 1.72. The van der Waals surface area contributed by atoms with Gasteiger partial charge in [0.25, 0.3) is 0 Å². The molecule has 0 fully saturated rings. The summed E-state index contributed by atoms with van der Waals surface area (Å²) < 4.78 is 0.929. The molecule has 0 aliphatic carbocycles. The van der Waals surface area contributed by atoms with E-state index in [0.29, 0.717) is 18.3 Å². The topological polar surface area (TPSA) is 68.0 Å². The van der Waals surface area contributed by atoms with Crippen LogP contribution in [-0.2, 0) is 4.79 Å². The first-order valence-corrected chi connectivity index (χ1v) is 6.86. The van der Waals surface area contributed by atoms with E-state index >= 15 is 0 Å². The number of carbonyl (C=O) groups is 1. The lowest BCUT2D eigenvalue weighted by molar-refractivity contribution is -0.120. The van der Waals surface area contributed by atoms with Crippen molar-refractivity contribution in [2.24, 2.45) is 17.6 Å². The van der Waals surface area contributed by atoms with Gasteiger partial charge in [-0.3, -0.25) is 4.79 Å². The maximum atomic E-state index is 12.0. The highest BCUT2D eigenvalue weighted by Gasteiger charge is 2.18. The number of aryl methyl sites for hydroxylation is 1. The molecule has 1 heterocycles. The lowest BCUT2D eigenvalue weighted by Crippen LogP contribution is -2.30. The number of pyridine rings is 1. The Kier molecular flexibility index (Phi) is 5.75. The molecule has 0 bridgehead atoms.